The molecule has 5 nitrogen and oxygen atoms in total. The Hall–Kier alpha value is -1.43. The van der Waals surface area contributed by atoms with Crippen molar-refractivity contribution in [2.75, 3.05) is 35.6 Å². The normalized spacial score (nSPS) is 15.2. The molecule has 1 N–H and O–H groups in total. The van der Waals surface area contributed by atoms with E-state index in [1.54, 1.807) is 7.11 Å². The molecule has 1 aliphatic rings. The first kappa shape index (κ1) is 15.9. The molecule has 2 rings (SSSR count). The lowest BCUT2D eigenvalue weighted by atomic mass is 10.2. The van der Waals surface area contributed by atoms with Crippen LogP contribution < -0.4 is 14.4 Å². The second-order valence-corrected chi connectivity index (χ2v) is 7.20. The van der Waals surface area contributed by atoms with E-state index in [1.807, 2.05) is 25.1 Å². The van der Waals surface area contributed by atoms with Crippen LogP contribution in [-0.4, -0.2) is 34.4 Å². The van der Waals surface area contributed by atoms with Gasteiger partial charge in [0.2, 0.25) is 10.0 Å². The number of hydrogen-bond acceptors (Lipinski definition) is 4. The van der Waals surface area contributed by atoms with Gasteiger partial charge in [-0.15, -0.1) is 0 Å². The molecule has 0 bridgehead atoms. The molecule has 0 aliphatic carbocycles. The summed E-state index contributed by atoms with van der Waals surface area (Å²) in [5.41, 5.74) is 1.57. The monoisotopic (exact) mass is 312 g/mol. The molecule has 1 saturated heterocycles. The molecule has 1 aromatic carbocycles. The van der Waals surface area contributed by atoms with Gasteiger partial charge in [-0.25, -0.2) is 8.42 Å². The van der Waals surface area contributed by atoms with Gasteiger partial charge in [0.05, 0.1) is 18.6 Å². The van der Waals surface area contributed by atoms with Gasteiger partial charge in [-0.3, -0.25) is 4.72 Å². The van der Waals surface area contributed by atoms with Gasteiger partial charge in [0.1, 0.15) is 5.75 Å². The molecular formula is C15H24N2O3S. The van der Waals surface area contributed by atoms with Crippen LogP contribution in [0.4, 0.5) is 11.4 Å². The predicted octanol–water partition coefficient (Wildman–Crippen LogP) is 2.84. The Balaban J connectivity index is 2.21. The first-order valence-electron chi connectivity index (χ1n) is 7.49. The van der Waals surface area contributed by atoms with Crippen LogP contribution in [-0.2, 0) is 10.0 Å². The molecule has 0 saturated carbocycles. The van der Waals surface area contributed by atoms with Crippen LogP contribution in [0, 0.1) is 0 Å². The van der Waals surface area contributed by atoms with E-state index in [4.69, 9.17) is 4.74 Å². The lowest BCUT2D eigenvalue weighted by molar-refractivity contribution is 0.417. The minimum absolute atomic E-state index is 0.139. The zero-order chi connectivity index (χ0) is 15.3. The average molecular weight is 312 g/mol. The summed E-state index contributed by atoms with van der Waals surface area (Å²) in [4.78, 5) is 2.27. The predicted molar refractivity (Wildman–Crippen MR) is 86.8 cm³/mol. The van der Waals surface area contributed by atoms with Crippen LogP contribution in [0.3, 0.4) is 0 Å². The van der Waals surface area contributed by atoms with E-state index in [2.05, 4.69) is 9.62 Å². The Morgan fingerprint density at radius 3 is 2.62 bits per heavy atom. The van der Waals surface area contributed by atoms with E-state index in [1.165, 1.54) is 12.8 Å². The highest BCUT2D eigenvalue weighted by atomic mass is 32.2. The highest BCUT2D eigenvalue weighted by Gasteiger charge is 2.17. The van der Waals surface area contributed by atoms with Crippen LogP contribution in [0.25, 0.3) is 0 Å². The fourth-order valence-corrected chi connectivity index (χ4v) is 3.77. The van der Waals surface area contributed by atoms with Gasteiger partial charge in [-0.05, 0) is 37.5 Å². The Morgan fingerprint density at radius 1 is 1.29 bits per heavy atom. The minimum atomic E-state index is -3.32. The maximum Gasteiger partial charge on any atom is 0.232 e. The average Bonchev–Trinajstić information content (AvgIpc) is 2.99. The Labute approximate surface area is 127 Å². The van der Waals surface area contributed by atoms with Crippen molar-refractivity contribution in [3.8, 4) is 5.75 Å². The summed E-state index contributed by atoms with van der Waals surface area (Å²) >= 11 is 0. The molecule has 0 amide bonds. The van der Waals surface area contributed by atoms with Gasteiger partial charge in [0.25, 0.3) is 0 Å². The molecule has 0 unspecified atom stereocenters. The first-order chi connectivity index (χ1) is 10.1. The zero-order valence-electron chi connectivity index (χ0n) is 12.8. The van der Waals surface area contributed by atoms with Gasteiger partial charge in [-0.2, -0.15) is 0 Å². The molecule has 0 aromatic heterocycles. The Bertz CT molecular complexity index is 566. The molecular weight excluding hydrogens is 288 g/mol. The van der Waals surface area contributed by atoms with Gasteiger partial charge in [0, 0.05) is 18.8 Å². The summed E-state index contributed by atoms with van der Waals surface area (Å²) in [6, 6.07) is 5.67. The number of ether oxygens (including phenoxy) is 1. The third-order valence-corrected chi connectivity index (χ3v) is 5.04. The molecule has 1 aromatic rings. The van der Waals surface area contributed by atoms with Crippen LogP contribution >= 0.6 is 0 Å². The van der Waals surface area contributed by atoms with Gasteiger partial charge in [0.15, 0.2) is 0 Å². The number of rotatable bonds is 7. The topological polar surface area (TPSA) is 58.6 Å². The van der Waals surface area contributed by atoms with Crippen LogP contribution in [0.1, 0.15) is 32.6 Å². The molecule has 1 aliphatic heterocycles. The third kappa shape index (κ3) is 4.27. The zero-order valence-corrected chi connectivity index (χ0v) is 13.6. The molecule has 118 valence electrons. The third-order valence-electron chi connectivity index (χ3n) is 3.69. The SMILES string of the molecule is CCCCS(=O)(=O)Nc1cc(N2CCCC2)ccc1OC. The summed E-state index contributed by atoms with van der Waals surface area (Å²) in [5, 5.41) is 0. The highest BCUT2D eigenvalue weighted by molar-refractivity contribution is 7.92. The van der Waals surface area contributed by atoms with E-state index in [-0.39, 0.29) is 5.75 Å². The number of unbranched alkanes of at least 4 members (excludes halogenated alkanes) is 1. The molecule has 6 heteroatoms. The second kappa shape index (κ2) is 7.02. The summed E-state index contributed by atoms with van der Waals surface area (Å²) < 4.78 is 32.1. The van der Waals surface area contributed by atoms with Crippen molar-refractivity contribution in [3.63, 3.8) is 0 Å². The first-order valence-corrected chi connectivity index (χ1v) is 9.14. The van der Waals surface area contributed by atoms with Crippen molar-refractivity contribution >= 4 is 21.4 Å². The number of nitrogens with one attached hydrogen (secondary N) is 1. The molecule has 0 atom stereocenters. The van der Waals surface area contributed by atoms with Crippen molar-refractivity contribution in [2.24, 2.45) is 0 Å². The molecule has 21 heavy (non-hydrogen) atoms. The van der Waals surface area contributed by atoms with Gasteiger partial charge in [-0.1, -0.05) is 13.3 Å². The second-order valence-electron chi connectivity index (χ2n) is 5.35. The maximum atomic E-state index is 12.1. The molecule has 0 radical (unpaired) electrons. The smallest absolute Gasteiger partial charge is 0.232 e. The minimum Gasteiger partial charge on any atom is -0.495 e. The fourth-order valence-electron chi connectivity index (χ4n) is 2.50. The lowest BCUT2D eigenvalue weighted by Gasteiger charge is -2.20. The Morgan fingerprint density at radius 2 is 2.00 bits per heavy atom. The van der Waals surface area contributed by atoms with Crippen LogP contribution in [0.15, 0.2) is 18.2 Å². The fraction of sp³-hybridized carbons (Fsp3) is 0.600. The summed E-state index contributed by atoms with van der Waals surface area (Å²) in [6.45, 7) is 4.02. The Kier molecular flexibility index (Phi) is 5.33. The van der Waals surface area contributed by atoms with Gasteiger partial charge >= 0.3 is 0 Å². The maximum absolute atomic E-state index is 12.1. The van der Waals surface area contributed by atoms with Crippen molar-refractivity contribution in [3.05, 3.63) is 18.2 Å². The van der Waals surface area contributed by atoms with Crippen LogP contribution in [0.2, 0.25) is 0 Å². The van der Waals surface area contributed by atoms with E-state index in [0.717, 1.165) is 25.2 Å². The highest BCUT2D eigenvalue weighted by Crippen LogP contribution is 2.31. The van der Waals surface area contributed by atoms with Crippen molar-refractivity contribution in [2.45, 2.75) is 32.6 Å². The molecule has 1 heterocycles. The number of benzene rings is 1. The van der Waals surface area contributed by atoms with Crippen molar-refractivity contribution in [1.82, 2.24) is 0 Å². The van der Waals surface area contributed by atoms with E-state index < -0.39 is 10.0 Å². The van der Waals surface area contributed by atoms with Crippen molar-refractivity contribution < 1.29 is 13.2 Å². The number of hydrogen-bond donors (Lipinski definition) is 1. The van der Waals surface area contributed by atoms with Crippen LogP contribution in [0.5, 0.6) is 5.75 Å². The standard InChI is InChI=1S/C15H24N2O3S/c1-3-4-11-21(18,19)16-14-12-13(7-8-15(14)20-2)17-9-5-6-10-17/h7-8,12,16H,3-6,9-11H2,1-2H3. The number of methoxy groups -OCH3 is 1. The van der Waals surface area contributed by atoms with Crippen molar-refractivity contribution in [1.29, 1.82) is 0 Å². The number of nitrogens with zero attached hydrogens (tertiary/aromatic N) is 1. The quantitative estimate of drug-likeness (QED) is 0.841. The lowest BCUT2D eigenvalue weighted by Crippen LogP contribution is -2.19. The summed E-state index contributed by atoms with van der Waals surface area (Å²) in [6.07, 6.45) is 3.88. The molecule has 1 fully saturated rings. The van der Waals surface area contributed by atoms with E-state index in [0.29, 0.717) is 17.9 Å². The summed E-state index contributed by atoms with van der Waals surface area (Å²) in [7, 11) is -1.77. The summed E-state index contributed by atoms with van der Waals surface area (Å²) in [5.74, 6) is 0.693. The number of anilines is 2. The number of sulfonamides is 1. The van der Waals surface area contributed by atoms with Gasteiger partial charge < -0.3 is 9.64 Å². The largest absolute Gasteiger partial charge is 0.495 e. The van der Waals surface area contributed by atoms with E-state index in [9.17, 15) is 8.42 Å². The molecule has 0 spiro atoms. The van der Waals surface area contributed by atoms with E-state index >= 15 is 0 Å².